The van der Waals surface area contributed by atoms with Crippen LogP contribution in [0.2, 0.25) is 0 Å². The number of rotatable bonds is 2. The van der Waals surface area contributed by atoms with Gasteiger partial charge in [-0.05, 0) is 30.9 Å². The summed E-state index contributed by atoms with van der Waals surface area (Å²) in [5.41, 5.74) is 1.17. The molecule has 14 heavy (non-hydrogen) atoms. The number of hydrogen-bond donors (Lipinski definition) is 1. The first-order valence-electron chi connectivity index (χ1n) is 5.16. The molecule has 3 heteroatoms. The molecule has 0 amide bonds. The standard InChI is InChI=1S/C11H16N2O/c14-9-10-3-2-6-13(8-10)11-4-1-5-12-7-11/h1,4-5,7,10,14H,2-3,6,8-9H2/t10-/m1/s1. The summed E-state index contributed by atoms with van der Waals surface area (Å²) in [6.45, 7) is 2.35. The van der Waals surface area contributed by atoms with Gasteiger partial charge in [0.15, 0.2) is 0 Å². The predicted molar refractivity (Wildman–Crippen MR) is 56.3 cm³/mol. The van der Waals surface area contributed by atoms with E-state index in [9.17, 15) is 0 Å². The minimum atomic E-state index is 0.302. The Bertz CT molecular complexity index is 276. The molecular weight excluding hydrogens is 176 g/mol. The zero-order chi connectivity index (χ0) is 9.80. The van der Waals surface area contributed by atoms with Crippen LogP contribution in [0.1, 0.15) is 12.8 Å². The van der Waals surface area contributed by atoms with Crippen molar-refractivity contribution in [1.82, 2.24) is 4.98 Å². The first-order valence-corrected chi connectivity index (χ1v) is 5.16. The summed E-state index contributed by atoms with van der Waals surface area (Å²) < 4.78 is 0. The number of aliphatic hydroxyl groups is 1. The van der Waals surface area contributed by atoms with Crippen LogP contribution in [0.5, 0.6) is 0 Å². The maximum absolute atomic E-state index is 9.11. The quantitative estimate of drug-likeness (QED) is 0.767. The van der Waals surface area contributed by atoms with Crippen molar-refractivity contribution in [1.29, 1.82) is 0 Å². The summed E-state index contributed by atoms with van der Waals surface area (Å²) in [4.78, 5) is 6.41. The van der Waals surface area contributed by atoms with Crippen LogP contribution in [0, 0.1) is 5.92 Å². The number of nitrogens with zero attached hydrogens (tertiary/aromatic N) is 2. The Morgan fingerprint density at radius 1 is 1.57 bits per heavy atom. The highest BCUT2D eigenvalue weighted by molar-refractivity contribution is 5.43. The molecule has 1 aliphatic rings. The summed E-state index contributed by atoms with van der Waals surface area (Å²) in [6, 6.07) is 4.03. The molecule has 1 aromatic heterocycles. The van der Waals surface area contributed by atoms with Crippen LogP contribution in [-0.2, 0) is 0 Å². The Morgan fingerprint density at radius 3 is 3.21 bits per heavy atom. The maximum Gasteiger partial charge on any atom is 0.0552 e. The Labute approximate surface area is 84.4 Å². The monoisotopic (exact) mass is 192 g/mol. The molecule has 0 aromatic carbocycles. The maximum atomic E-state index is 9.11. The molecule has 2 heterocycles. The average Bonchev–Trinajstić information content (AvgIpc) is 2.30. The van der Waals surface area contributed by atoms with Crippen LogP contribution < -0.4 is 4.90 Å². The van der Waals surface area contributed by atoms with Crippen molar-refractivity contribution in [2.75, 3.05) is 24.6 Å². The Morgan fingerprint density at radius 2 is 2.50 bits per heavy atom. The third-order valence-corrected chi connectivity index (χ3v) is 2.79. The van der Waals surface area contributed by atoms with Crippen LogP contribution in [0.3, 0.4) is 0 Å². The van der Waals surface area contributed by atoms with Crippen molar-refractivity contribution < 1.29 is 5.11 Å². The minimum Gasteiger partial charge on any atom is -0.396 e. The van der Waals surface area contributed by atoms with E-state index < -0.39 is 0 Å². The molecule has 0 aliphatic carbocycles. The van der Waals surface area contributed by atoms with Crippen molar-refractivity contribution in [3.63, 3.8) is 0 Å². The van der Waals surface area contributed by atoms with Gasteiger partial charge in [0.05, 0.1) is 11.9 Å². The van der Waals surface area contributed by atoms with Crippen LogP contribution in [0.25, 0.3) is 0 Å². The van der Waals surface area contributed by atoms with Gasteiger partial charge in [-0.15, -0.1) is 0 Å². The van der Waals surface area contributed by atoms with Crippen LogP contribution in [0.15, 0.2) is 24.5 Å². The number of piperidine rings is 1. The van der Waals surface area contributed by atoms with E-state index in [2.05, 4.69) is 16.0 Å². The van der Waals surface area contributed by atoms with Crippen molar-refractivity contribution in [2.24, 2.45) is 5.92 Å². The van der Waals surface area contributed by atoms with E-state index in [0.717, 1.165) is 19.5 Å². The lowest BCUT2D eigenvalue weighted by atomic mass is 9.99. The molecule has 1 aromatic rings. The summed E-state index contributed by atoms with van der Waals surface area (Å²) in [7, 11) is 0. The van der Waals surface area contributed by atoms with Crippen LogP contribution in [-0.4, -0.2) is 29.8 Å². The highest BCUT2D eigenvalue weighted by Gasteiger charge is 2.19. The van der Waals surface area contributed by atoms with Crippen LogP contribution in [0.4, 0.5) is 5.69 Å². The van der Waals surface area contributed by atoms with Crippen LogP contribution >= 0.6 is 0 Å². The van der Waals surface area contributed by atoms with Gasteiger partial charge in [-0.3, -0.25) is 4.98 Å². The number of hydrogen-bond acceptors (Lipinski definition) is 3. The number of pyridine rings is 1. The molecule has 0 radical (unpaired) electrons. The Kier molecular flexibility index (Phi) is 2.99. The van der Waals surface area contributed by atoms with Gasteiger partial charge in [-0.1, -0.05) is 0 Å². The zero-order valence-corrected chi connectivity index (χ0v) is 8.26. The Balaban J connectivity index is 2.04. The van der Waals surface area contributed by atoms with Crippen molar-refractivity contribution in [2.45, 2.75) is 12.8 Å². The lowest BCUT2D eigenvalue weighted by molar-refractivity contribution is 0.208. The molecule has 0 spiro atoms. The van der Waals surface area contributed by atoms with E-state index in [-0.39, 0.29) is 0 Å². The molecule has 2 rings (SSSR count). The smallest absolute Gasteiger partial charge is 0.0552 e. The van der Waals surface area contributed by atoms with Gasteiger partial charge >= 0.3 is 0 Å². The summed E-state index contributed by atoms with van der Waals surface area (Å²) in [6.07, 6.45) is 5.99. The molecule has 0 bridgehead atoms. The zero-order valence-electron chi connectivity index (χ0n) is 8.26. The highest BCUT2D eigenvalue weighted by Crippen LogP contribution is 2.21. The normalized spacial score (nSPS) is 22.4. The first-order chi connectivity index (χ1) is 6.90. The highest BCUT2D eigenvalue weighted by atomic mass is 16.3. The number of anilines is 1. The molecule has 76 valence electrons. The van der Waals surface area contributed by atoms with Crippen molar-refractivity contribution in [3.05, 3.63) is 24.5 Å². The van der Waals surface area contributed by atoms with Gasteiger partial charge in [0.1, 0.15) is 0 Å². The van der Waals surface area contributed by atoms with Gasteiger partial charge in [0.2, 0.25) is 0 Å². The molecule has 1 aliphatic heterocycles. The molecule has 0 saturated carbocycles. The first kappa shape index (κ1) is 9.46. The number of aromatic nitrogens is 1. The molecule has 1 saturated heterocycles. The lowest BCUT2D eigenvalue weighted by Crippen LogP contribution is -2.36. The fourth-order valence-corrected chi connectivity index (χ4v) is 1.99. The minimum absolute atomic E-state index is 0.302. The van der Waals surface area contributed by atoms with Crippen molar-refractivity contribution >= 4 is 5.69 Å². The molecular formula is C11H16N2O. The van der Waals surface area contributed by atoms with E-state index in [1.807, 2.05) is 12.3 Å². The largest absolute Gasteiger partial charge is 0.396 e. The van der Waals surface area contributed by atoms with Crippen molar-refractivity contribution in [3.8, 4) is 0 Å². The summed E-state index contributed by atoms with van der Waals surface area (Å²) in [5, 5.41) is 9.11. The second kappa shape index (κ2) is 4.42. The van der Waals surface area contributed by atoms with E-state index in [4.69, 9.17) is 5.11 Å². The second-order valence-electron chi connectivity index (χ2n) is 3.85. The average molecular weight is 192 g/mol. The Hall–Kier alpha value is -1.09. The fraction of sp³-hybridized carbons (Fsp3) is 0.545. The van der Waals surface area contributed by atoms with E-state index in [1.54, 1.807) is 6.20 Å². The van der Waals surface area contributed by atoms with E-state index in [0.29, 0.717) is 12.5 Å². The third-order valence-electron chi connectivity index (χ3n) is 2.79. The van der Waals surface area contributed by atoms with E-state index >= 15 is 0 Å². The topological polar surface area (TPSA) is 36.4 Å². The van der Waals surface area contributed by atoms with E-state index in [1.165, 1.54) is 12.1 Å². The molecule has 1 atom stereocenters. The number of aliphatic hydroxyl groups excluding tert-OH is 1. The predicted octanol–water partition coefficient (Wildman–Crippen LogP) is 1.29. The lowest BCUT2D eigenvalue weighted by Gasteiger charge is -2.33. The third kappa shape index (κ3) is 2.04. The second-order valence-corrected chi connectivity index (χ2v) is 3.85. The van der Waals surface area contributed by atoms with Gasteiger partial charge in [0.25, 0.3) is 0 Å². The summed E-state index contributed by atoms with van der Waals surface area (Å²) >= 11 is 0. The molecule has 3 nitrogen and oxygen atoms in total. The van der Waals surface area contributed by atoms with Gasteiger partial charge in [-0.2, -0.15) is 0 Å². The van der Waals surface area contributed by atoms with Gasteiger partial charge in [0, 0.05) is 25.9 Å². The van der Waals surface area contributed by atoms with Gasteiger partial charge < -0.3 is 10.0 Å². The molecule has 0 unspecified atom stereocenters. The SMILES string of the molecule is OC[C@@H]1CCCN(c2cccnc2)C1. The molecule has 1 N–H and O–H groups in total. The summed E-state index contributed by atoms with van der Waals surface area (Å²) in [5.74, 6) is 0.434. The fourth-order valence-electron chi connectivity index (χ4n) is 1.99. The molecule has 1 fully saturated rings. The van der Waals surface area contributed by atoms with Gasteiger partial charge in [-0.25, -0.2) is 0 Å².